The third kappa shape index (κ3) is 2.82. The van der Waals surface area contributed by atoms with Crippen LogP contribution < -0.4 is 14.2 Å². The molecule has 0 saturated carbocycles. The molecule has 0 unspecified atom stereocenters. The fourth-order valence-corrected chi connectivity index (χ4v) is 3.75. The molecule has 8 nitrogen and oxygen atoms in total. The number of aromatic nitrogens is 3. The number of nitrogens with one attached hydrogen (secondary N) is 1. The SMILES string of the molecule is COc1ccc(S(=O)(=O)Nc2nc3scc(C)n3n2)cc1OC. The quantitative estimate of drug-likeness (QED) is 0.752. The molecule has 23 heavy (non-hydrogen) atoms. The summed E-state index contributed by atoms with van der Waals surface area (Å²) in [6, 6.07) is 4.33. The molecule has 3 rings (SSSR count). The van der Waals surface area contributed by atoms with Crippen molar-refractivity contribution in [3.05, 3.63) is 29.3 Å². The van der Waals surface area contributed by atoms with Crippen molar-refractivity contribution in [2.75, 3.05) is 18.9 Å². The lowest BCUT2D eigenvalue weighted by Crippen LogP contribution is -2.14. The molecule has 3 aromatic rings. The summed E-state index contributed by atoms with van der Waals surface area (Å²) in [7, 11) is -0.908. The van der Waals surface area contributed by atoms with Gasteiger partial charge < -0.3 is 9.47 Å². The molecule has 0 bridgehead atoms. The van der Waals surface area contributed by atoms with E-state index < -0.39 is 10.0 Å². The molecule has 10 heteroatoms. The smallest absolute Gasteiger partial charge is 0.264 e. The lowest BCUT2D eigenvalue weighted by atomic mass is 10.3. The van der Waals surface area contributed by atoms with Gasteiger partial charge in [-0.15, -0.1) is 16.4 Å². The zero-order valence-corrected chi connectivity index (χ0v) is 14.2. The second-order valence-corrected chi connectivity index (χ2v) is 7.15. The minimum Gasteiger partial charge on any atom is -0.493 e. The Balaban J connectivity index is 1.94. The number of benzene rings is 1. The van der Waals surface area contributed by atoms with Crippen molar-refractivity contribution in [2.45, 2.75) is 11.8 Å². The molecular formula is C13H14N4O4S2. The summed E-state index contributed by atoms with van der Waals surface area (Å²) in [6.45, 7) is 1.87. The number of nitrogens with zero attached hydrogens (tertiary/aromatic N) is 3. The van der Waals surface area contributed by atoms with E-state index in [1.54, 1.807) is 4.52 Å². The first kappa shape index (κ1) is 15.6. The lowest BCUT2D eigenvalue weighted by Gasteiger charge is -2.10. The number of fused-ring (bicyclic) bond motifs is 1. The van der Waals surface area contributed by atoms with Crippen LogP contribution in [-0.2, 0) is 10.0 Å². The molecule has 0 saturated heterocycles. The third-order valence-corrected chi connectivity index (χ3v) is 5.40. The number of aryl methyl sites for hydroxylation is 1. The summed E-state index contributed by atoms with van der Waals surface area (Å²) in [4.78, 5) is 4.80. The second-order valence-electron chi connectivity index (χ2n) is 4.63. The number of sulfonamides is 1. The van der Waals surface area contributed by atoms with Gasteiger partial charge in [0.2, 0.25) is 4.96 Å². The van der Waals surface area contributed by atoms with Crippen molar-refractivity contribution in [3.63, 3.8) is 0 Å². The zero-order chi connectivity index (χ0) is 16.6. The molecule has 0 radical (unpaired) electrons. The summed E-state index contributed by atoms with van der Waals surface area (Å²) < 4.78 is 39.1. The number of methoxy groups -OCH3 is 2. The van der Waals surface area contributed by atoms with E-state index in [9.17, 15) is 8.42 Å². The minimum atomic E-state index is -3.83. The van der Waals surface area contributed by atoms with Crippen LogP contribution in [0.25, 0.3) is 4.96 Å². The molecule has 1 N–H and O–H groups in total. The Morgan fingerprint density at radius 3 is 2.61 bits per heavy atom. The molecule has 122 valence electrons. The van der Waals surface area contributed by atoms with Crippen LogP contribution in [0.15, 0.2) is 28.5 Å². The van der Waals surface area contributed by atoms with Gasteiger partial charge in [-0.25, -0.2) is 17.7 Å². The van der Waals surface area contributed by atoms with Crippen LogP contribution in [0.2, 0.25) is 0 Å². The minimum absolute atomic E-state index is 0.0229. The summed E-state index contributed by atoms with van der Waals surface area (Å²) in [6.07, 6.45) is 0. The normalized spacial score (nSPS) is 11.6. The van der Waals surface area contributed by atoms with Crippen molar-refractivity contribution in [2.24, 2.45) is 0 Å². The van der Waals surface area contributed by atoms with Crippen LogP contribution in [0.1, 0.15) is 5.69 Å². The van der Waals surface area contributed by atoms with Gasteiger partial charge in [-0.1, -0.05) is 0 Å². The number of hydrogen-bond acceptors (Lipinski definition) is 7. The Kier molecular flexibility index (Phi) is 3.86. The molecule has 0 atom stereocenters. The molecule has 0 amide bonds. The maximum absolute atomic E-state index is 12.5. The second kappa shape index (κ2) is 5.70. The van der Waals surface area contributed by atoms with E-state index in [2.05, 4.69) is 14.8 Å². The van der Waals surface area contributed by atoms with E-state index in [4.69, 9.17) is 9.47 Å². The van der Waals surface area contributed by atoms with E-state index in [1.807, 2.05) is 12.3 Å². The highest BCUT2D eigenvalue weighted by Crippen LogP contribution is 2.30. The van der Waals surface area contributed by atoms with E-state index in [0.29, 0.717) is 16.5 Å². The maximum Gasteiger partial charge on any atom is 0.264 e. The molecular weight excluding hydrogens is 340 g/mol. The van der Waals surface area contributed by atoms with Gasteiger partial charge in [-0.05, 0) is 19.1 Å². The molecule has 0 aliphatic heterocycles. The molecule has 1 aromatic carbocycles. The van der Waals surface area contributed by atoms with Gasteiger partial charge in [0.25, 0.3) is 16.0 Å². The summed E-state index contributed by atoms with van der Waals surface area (Å²) >= 11 is 1.39. The fraction of sp³-hybridized carbons (Fsp3) is 0.231. The number of rotatable bonds is 5. The summed E-state index contributed by atoms with van der Waals surface area (Å²) in [5.41, 5.74) is 0.883. The Morgan fingerprint density at radius 1 is 1.22 bits per heavy atom. The predicted octanol–water partition coefficient (Wildman–Crippen LogP) is 1.92. The van der Waals surface area contributed by atoms with E-state index in [-0.39, 0.29) is 10.8 Å². The molecule has 0 spiro atoms. The van der Waals surface area contributed by atoms with E-state index in [0.717, 1.165) is 5.69 Å². The van der Waals surface area contributed by atoms with Crippen LogP contribution in [0.3, 0.4) is 0 Å². The monoisotopic (exact) mass is 354 g/mol. The van der Waals surface area contributed by atoms with Gasteiger partial charge in [0, 0.05) is 11.4 Å². The maximum atomic E-state index is 12.5. The average Bonchev–Trinajstić information content (AvgIpc) is 3.07. The highest BCUT2D eigenvalue weighted by Gasteiger charge is 2.20. The van der Waals surface area contributed by atoms with Gasteiger partial charge in [0.05, 0.1) is 24.8 Å². The molecule has 0 fully saturated rings. The van der Waals surface area contributed by atoms with Crippen molar-refractivity contribution in [3.8, 4) is 11.5 Å². The third-order valence-electron chi connectivity index (χ3n) is 3.14. The molecule has 0 aliphatic carbocycles. The topological polar surface area (TPSA) is 94.8 Å². The van der Waals surface area contributed by atoms with Gasteiger partial charge in [-0.3, -0.25) is 0 Å². The fourth-order valence-electron chi connectivity index (χ4n) is 2.00. The first-order chi connectivity index (χ1) is 10.9. The van der Waals surface area contributed by atoms with Crippen LogP contribution in [0.4, 0.5) is 5.95 Å². The molecule has 2 aromatic heterocycles. The Bertz CT molecular complexity index is 962. The molecule has 2 heterocycles. The highest BCUT2D eigenvalue weighted by atomic mass is 32.2. The predicted molar refractivity (Wildman–Crippen MR) is 86.0 cm³/mol. The summed E-state index contributed by atoms with van der Waals surface area (Å²) in [5, 5.41) is 6.02. The Labute approximate surface area is 136 Å². The standard InChI is InChI=1S/C13H14N4O4S2/c1-8-7-22-13-14-12(15-17(8)13)16-23(18,19)9-4-5-10(20-2)11(6-9)21-3/h4-7H,1-3H3,(H,15,16). The van der Waals surface area contributed by atoms with Crippen molar-refractivity contribution in [1.29, 1.82) is 0 Å². The van der Waals surface area contributed by atoms with E-state index >= 15 is 0 Å². The Morgan fingerprint density at radius 2 is 1.96 bits per heavy atom. The molecule has 0 aliphatic rings. The summed E-state index contributed by atoms with van der Waals surface area (Å²) in [5.74, 6) is 0.794. The number of ether oxygens (including phenoxy) is 2. The van der Waals surface area contributed by atoms with Crippen LogP contribution in [0, 0.1) is 6.92 Å². The Hall–Kier alpha value is -2.33. The first-order valence-electron chi connectivity index (χ1n) is 6.50. The largest absolute Gasteiger partial charge is 0.493 e. The van der Waals surface area contributed by atoms with E-state index in [1.165, 1.54) is 43.8 Å². The van der Waals surface area contributed by atoms with Gasteiger partial charge in [0.1, 0.15) is 0 Å². The van der Waals surface area contributed by atoms with Gasteiger partial charge in [-0.2, -0.15) is 4.98 Å². The number of hydrogen-bond donors (Lipinski definition) is 1. The highest BCUT2D eigenvalue weighted by molar-refractivity contribution is 7.92. The zero-order valence-electron chi connectivity index (χ0n) is 12.6. The average molecular weight is 354 g/mol. The van der Waals surface area contributed by atoms with Crippen molar-refractivity contribution < 1.29 is 17.9 Å². The van der Waals surface area contributed by atoms with Crippen LogP contribution >= 0.6 is 11.3 Å². The lowest BCUT2D eigenvalue weighted by molar-refractivity contribution is 0.354. The van der Waals surface area contributed by atoms with Crippen molar-refractivity contribution in [1.82, 2.24) is 14.6 Å². The van der Waals surface area contributed by atoms with Crippen LogP contribution in [-0.4, -0.2) is 37.2 Å². The number of thiazole rings is 1. The number of anilines is 1. The first-order valence-corrected chi connectivity index (χ1v) is 8.86. The van der Waals surface area contributed by atoms with Gasteiger partial charge in [0.15, 0.2) is 11.5 Å². The van der Waals surface area contributed by atoms with Crippen molar-refractivity contribution >= 4 is 32.3 Å². The van der Waals surface area contributed by atoms with Crippen LogP contribution in [0.5, 0.6) is 11.5 Å². The van der Waals surface area contributed by atoms with Gasteiger partial charge >= 0.3 is 0 Å².